The molecule has 13 heavy (non-hydrogen) atoms. The maximum Gasteiger partial charge on any atom is 0.0169 e. The molecule has 1 aliphatic heterocycles. The monoisotopic (exact) mass is 184 g/mol. The molecule has 3 atom stereocenters. The van der Waals surface area contributed by atoms with E-state index >= 15 is 0 Å². The van der Waals surface area contributed by atoms with Gasteiger partial charge in [0.2, 0.25) is 0 Å². The molecule has 1 rings (SSSR count). The van der Waals surface area contributed by atoms with Crippen molar-refractivity contribution in [1.29, 1.82) is 0 Å². The van der Waals surface area contributed by atoms with Crippen LogP contribution in [0, 0.1) is 5.92 Å². The van der Waals surface area contributed by atoms with Crippen LogP contribution in [0.4, 0.5) is 0 Å². The highest BCUT2D eigenvalue weighted by atomic mass is 15.2. The molecule has 2 heteroatoms. The Balaban J connectivity index is 2.49. The lowest BCUT2D eigenvalue weighted by atomic mass is 10.0. The van der Waals surface area contributed by atoms with Crippen LogP contribution in [-0.2, 0) is 0 Å². The number of hydrogen-bond acceptors (Lipinski definition) is 2. The fourth-order valence-corrected chi connectivity index (χ4v) is 2.12. The van der Waals surface area contributed by atoms with Crippen molar-refractivity contribution in [2.75, 3.05) is 13.1 Å². The lowest BCUT2D eigenvalue weighted by Gasteiger charge is -2.41. The molecular formula is C11H24N2. The Morgan fingerprint density at radius 1 is 1.08 bits per heavy atom. The molecule has 0 radical (unpaired) electrons. The second-order valence-electron chi connectivity index (χ2n) is 4.91. The van der Waals surface area contributed by atoms with E-state index in [1.54, 1.807) is 0 Å². The zero-order chi connectivity index (χ0) is 10.0. The predicted octanol–water partition coefficient (Wildman–Crippen LogP) is 1.71. The van der Waals surface area contributed by atoms with E-state index in [4.69, 9.17) is 0 Å². The van der Waals surface area contributed by atoms with Gasteiger partial charge in [0.25, 0.3) is 0 Å². The summed E-state index contributed by atoms with van der Waals surface area (Å²) in [5.74, 6) is 0.762. The first-order valence-electron chi connectivity index (χ1n) is 5.50. The second kappa shape index (κ2) is 4.43. The van der Waals surface area contributed by atoms with Crippen molar-refractivity contribution in [2.24, 2.45) is 5.92 Å². The van der Waals surface area contributed by atoms with Crippen LogP contribution < -0.4 is 5.32 Å². The second-order valence-corrected chi connectivity index (χ2v) is 4.91. The molecule has 0 bridgehead atoms. The molecule has 78 valence electrons. The van der Waals surface area contributed by atoms with Gasteiger partial charge in [-0.15, -0.1) is 0 Å². The van der Waals surface area contributed by atoms with E-state index in [0.717, 1.165) is 5.92 Å². The first-order chi connectivity index (χ1) is 6.00. The Morgan fingerprint density at radius 2 is 1.54 bits per heavy atom. The third-order valence-electron chi connectivity index (χ3n) is 3.13. The van der Waals surface area contributed by atoms with Crippen molar-refractivity contribution in [3.05, 3.63) is 0 Å². The summed E-state index contributed by atoms with van der Waals surface area (Å²) in [7, 11) is 0. The van der Waals surface area contributed by atoms with Crippen molar-refractivity contribution >= 4 is 0 Å². The van der Waals surface area contributed by atoms with Crippen molar-refractivity contribution in [3.63, 3.8) is 0 Å². The molecule has 1 N–H and O–H groups in total. The molecule has 0 aromatic heterocycles. The van der Waals surface area contributed by atoms with Crippen molar-refractivity contribution in [1.82, 2.24) is 10.2 Å². The zero-order valence-corrected chi connectivity index (χ0v) is 9.67. The van der Waals surface area contributed by atoms with Gasteiger partial charge < -0.3 is 5.32 Å². The van der Waals surface area contributed by atoms with E-state index in [2.05, 4.69) is 44.8 Å². The minimum atomic E-state index is 0.643. The summed E-state index contributed by atoms with van der Waals surface area (Å²) in [5.41, 5.74) is 0. The molecule has 1 fully saturated rings. The van der Waals surface area contributed by atoms with Gasteiger partial charge in [-0.25, -0.2) is 0 Å². The molecular weight excluding hydrogens is 160 g/mol. The number of piperazine rings is 1. The Hall–Kier alpha value is -0.0800. The SMILES string of the molecule is CC1CN(C(C)C(C)C)CC(C)N1. The molecule has 0 aliphatic carbocycles. The number of nitrogens with zero attached hydrogens (tertiary/aromatic N) is 1. The predicted molar refractivity (Wildman–Crippen MR) is 57.9 cm³/mol. The standard InChI is InChI=1S/C11H24N2/c1-8(2)11(5)13-6-9(3)12-10(4)7-13/h8-12H,6-7H2,1-5H3. The molecule has 1 heterocycles. The minimum Gasteiger partial charge on any atom is -0.309 e. The van der Waals surface area contributed by atoms with Crippen LogP contribution in [-0.4, -0.2) is 36.1 Å². The van der Waals surface area contributed by atoms with Crippen molar-refractivity contribution < 1.29 is 0 Å². The topological polar surface area (TPSA) is 15.3 Å². The van der Waals surface area contributed by atoms with Gasteiger partial charge in [-0.3, -0.25) is 4.90 Å². The Labute approximate surface area is 82.7 Å². The highest BCUT2D eigenvalue weighted by Crippen LogP contribution is 2.14. The van der Waals surface area contributed by atoms with E-state index in [1.807, 2.05) is 0 Å². The van der Waals surface area contributed by atoms with Crippen LogP contribution in [0.1, 0.15) is 34.6 Å². The van der Waals surface area contributed by atoms with E-state index in [9.17, 15) is 0 Å². The molecule has 0 aromatic rings. The van der Waals surface area contributed by atoms with Crippen LogP contribution in [0.15, 0.2) is 0 Å². The van der Waals surface area contributed by atoms with Gasteiger partial charge in [-0.05, 0) is 26.7 Å². The van der Waals surface area contributed by atoms with Gasteiger partial charge in [-0.1, -0.05) is 13.8 Å². The lowest BCUT2D eigenvalue weighted by molar-refractivity contribution is 0.106. The van der Waals surface area contributed by atoms with E-state index < -0.39 is 0 Å². The normalized spacial score (nSPS) is 33.7. The molecule has 2 nitrogen and oxygen atoms in total. The van der Waals surface area contributed by atoms with Crippen molar-refractivity contribution in [2.45, 2.75) is 52.7 Å². The fraction of sp³-hybridized carbons (Fsp3) is 1.00. The lowest BCUT2D eigenvalue weighted by Crippen LogP contribution is -2.57. The molecule has 1 saturated heterocycles. The van der Waals surface area contributed by atoms with Gasteiger partial charge in [0.1, 0.15) is 0 Å². The largest absolute Gasteiger partial charge is 0.309 e. The molecule has 3 unspecified atom stereocenters. The number of nitrogens with one attached hydrogen (secondary N) is 1. The third-order valence-corrected chi connectivity index (χ3v) is 3.13. The van der Waals surface area contributed by atoms with E-state index in [-0.39, 0.29) is 0 Å². The third kappa shape index (κ3) is 2.96. The average molecular weight is 184 g/mol. The van der Waals surface area contributed by atoms with Crippen LogP contribution in [0.2, 0.25) is 0 Å². The molecule has 0 spiro atoms. The number of rotatable bonds is 2. The zero-order valence-electron chi connectivity index (χ0n) is 9.67. The maximum atomic E-state index is 3.56. The molecule has 0 amide bonds. The fourth-order valence-electron chi connectivity index (χ4n) is 2.12. The van der Waals surface area contributed by atoms with Crippen LogP contribution in [0.3, 0.4) is 0 Å². The summed E-state index contributed by atoms with van der Waals surface area (Å²) in [4.78, 5) is 2.61. The summed E-state index contributed by atoms with van der Waals surface area (Å²) in [6.45, 7) is 13.9. The quantitative estimate of drug-likeness (QED) is 0.703. The summed E-state index contributed by atoms with van der Waals surface area (Å²) in [6, 6.07) is 2.00. The summed E-state index contributed by atoms with van der Waals surface area (Å²) < 4.78 is 0. The average Bonchev–Trinajstić information content (AvgIpc) is 2.01. The van der Waals surface area contributed by atoms with Gasteiger partial charge in [0, 0.05) is 31.2 Å². The smallest absolute Gasteiger partial charge is 0.0169 e. The van der Waals surface area contributed by atoms with Gasteiger partial charge in [-0.2, -0.15) is 0 Å². The Bertz CT molecular complexity index is 146. The van der Waals surface area contributed by atoms with Crippen molar-refractivity contribution in [3.8, 4) is 0 Å². The molecule has 1 aliphatic rings. The first kappa shape index (κ1) is 11.0. The van der Waals surface area contributed by atoms with E-state index in [1.165, 1.54) is 13.1 Å². The van der Waals surface area contributed by atoms with Gasteiger partial charge in [0.05, 0.1) is 0 Å². The highest BCUT2D eigenvalue weighted by Gasteiger charge is 2.25. The van der Waals surface area contributed by atoms with Crippen LogP contribution in [0.25, 0.3) is 0 Å². The summed E-state index contributed by atoms with van der Waals surface area (Å²) in [5, 5.41) is 3.56. The van der Waals surface area contributed by atoms with Crippen LogP contribution in [0.5, 0.6) is 0 Å². The van der Waals surface area contributed by atoms with Gasteiger partial charge >= 0.3 is 0 Å². The minimum absolute atomic E-state index is 0.643. The number of hydrogen-bond donors (Lipinski definition) is 1. The first-order valence-corrected chi connectivity index (χ1v) is 5.50. The van der Waals surface area contributed by atoms with E-state index in [0.29, 0.717) is 18.1 Å². The molecule has 0 aromatic carbocycles. The Kier molecular flexibility index (Phi) is 3.74. The van der Waals surface area contributed by atoms with Gasteiger partial charge in [0.15, 0.2) is 0 Å². The molecule has 0 saturated carbocycles. The maximum absolute atomic E-state index is 3.56. The summed E-state index contributed by atoms with van der Waals surface area (Å²) in [6.07, 6.45) is 0. The van der Waals surface area contributed by atoms with Crippen LogP contribution >= 0.6 is 0 Å². The summed E-state index contributed by atoms with van der Waals surface area (Å²) >= 11 is 0. The Morgan fingerprint density at radius 3 is 1.92 bits per heavy atom. The highest BCUT2D eigenvalue weighted by molar-refractivity contribution is 4.84.